The van der Waals surface area contributed by atoms with E-state index in [0.717, 1.165) is 17.8 Å². The summed E-state index contributed by atoms with van der Waals surface area (Å²) < 4.78 is 0. The molecule has 0 unspecified atom stereocenters. The van der Waals surface area contributed by atoms with Crippen molar-refractivity contribution < 1.29 is 0 Å². The van der Waals surface area contributed by atoms with E-state index >= 15 is 0 Å². The summed E-state index contributed by atoms with van der Waals surface area (Å²) in [6.07, 6.45) is 3.44. The number of hydrogen-bond acceptors (Lipinski definition) is 3. The van der Waals surface area contributed by atoms with Crippen molar-refractivity contribution in [3.8, 4) is 0 Å². The van der Waals surface area contributed by atoms with Crippen molar-refractivity contribution in [2.45, 2.75) is 6.54 Å². The Hall–Kier alpha value is -1.09. The van der Waals surface area contributed by atoms with Crippen molar-refractivity contribution in [3.05, 3.63) is 24.0 Å². The van der Waals surface area contributed by atoms with Crippen molar-refractivity contribution in [2.75, 3.05) is 19.8 Å². The van der Waals surface area contributed by atoms with Crippen LogP contribution >= 0.6 is 0 Å². The van der Waals surface area contributed by atoms with Crippen LogP contribution in [0.15, 0.2) is 18.5 Å². The summed E-state index contributed by atoms with van der Waals surface area (Å²) in [5.74, 6) is 0. The lowest BCUT2D eigenvalue weighted by Gasteiger charge is -2.10. The lowest BCUT2D eigenvalue weighted by molar-refractivity contribution is 0.403. The fraction of sp³-hybridized carbons (Fsp3) is 0.375. The molecule has 0 atom stereocenters. The van der Waals surface area contributed by atoms with Crippen molar-refractivity contribution >= 4 is 5.69 Å². The summed E-state index contributed by atoms with van der Waals surface area (Å²) in [4.78, 5) is 5.98. The molecule has 0 radical (unpaired) electrons. The Balaban J connectivity index is 2.78. The Morgan fingerprint density at radius 3 is 2.82 bits per heavy atom. The van der Waals surface area contributed by atoms with Gasteiger partial charge in [-0.3, -0.25) is 4.98 Å². The number of hydrogen-bond donors (Lipinski definition) is 1. The van der Waals surface area contributed by atoms with Crippen molar-refractivity contribution in [3.63, 3.8) is 0 Å². The minimum Gasteiger partial charge on any atom is -0.397 e. The first-order valence-electron chi connectivity index (χ1n) is 3.53. The molecule has 0 aliphatic heterocycles. The van der Waals surface area contributed by atoms with Gasteiger partial charge in [-0.1, -0.05) is 0 Å². The van der Waals surface area contributed by atoms with Gasteiger partial charge in [-0.05, 0) is 25.7 Å². The third-order valence-corrected chi connectivity index (χ3v) is 1.43. The van der Waals surface area contributed by atoms with E-state index in [1.807, 2.05) is 20.2 Å². The van der Waals surface area contributed by atoms with Crippen LogP contribution in [0.25, 0.3) is 0 Å². The molecule has 0 aliphatic carbocycles. The minimum absolute atomic E-state index is 0.765. The van der Waals surface area contributed by atoms with E-state index in [2.05, 4.69) is 9.88 Å². The molecule has 0 bridgehead atoms. The van der Waals surface area contributed by atoms with Gasteiger partial charge in [-0.25, -0.2) is 0 Å². The van der Waals surface area contributed by atoms with Gasteiger partial charge < -0.3 is 10.6 Å². The second kappa shape index (κ2) is 3.34. The van der Waals surface area contributed by atoms with Gasteiger partial charge in [0, 0.05) is 12.7 Å². The number of nitrogen functional groups attached to an aromatic ring is 1. The monoisotopic (exact) mass is 151 g/mol. The maximum atomic E-state index is 5.68. The van der Waals surface area contributed by atoms with E-state index in [0.29, 0.717) is 0 Å². The second-order valence-electron chi connectivity index (χ2n) is 2.81. The van der Waals surface area contributed by atoms with Crippen LogP contribution in [0.1, 0.15) is 5.56 Å². The number of nitrogens with zero attached hydrogens (tertiary/aromatic N) is 2. The molecule has 2 N–H and O–H groups in total. The molecule has 0 fully saturated rings. The van der Waals surface area contributed by atoms with E-state index < -0.39 is 0 Å². The average molecular weight is 151 g/mol. The molecule has 1 heterocycles. The van der Waals surface area contributed by atoms with Crippen molar-refractivity contribution in [2.24, 2.45) is 0 Å². The molecule has 0 saturated carbocycles. The molecule has 0 spiro atoms. The van der Waals surface area contributed by atoms with Crippen LogP contribution in [-0.4, -0.2) is 24.0 Å². The molecule has 1 aromatic rings. The van der Waals surface area contributed by atoms with Crippen molar-refractivity contribution in [1.29, 1.82) is 0 Å². The Morgan fingerprint density at radius 2 is 2.27 bits per heavy atom. The molecule has 0 aliphatic rings. The molecular weight excluding hydrogens is 138 g/mol. The van der Waals surface area contributed by atoms with Crippen LogP contribution in [0.2, 0.25) is 0 Å². The van der Waals surface area contributed by atoms with Gasteiger partial charge >= 0.3 is 0 Å². The summed E-state index contributed by atoms with van der Waals surface area (Å²) in [7, 11) is 4.03. The van der Waals surface area contributed by atoms with E-state index in [1.165, 1.54) is 0 Å². The smallest absolute Gasteiger partial charge is 0.0546 e. The number of anilines is 1. The number of nitrogens with two attached hydrogens (primary N) is 1. The fourth-order valence-electron chi connectivity index (χ4n) is 0.920. The van der Waals surface area contributed by atoms with E-state index in [9.17, 15) is 0 Å². The first kappa shape index (κ1) is 8.01. The summed E-state index contributed by atoms with van der Waals surface area (Å²) in [5, 5.41) is 0. The topological polar surface area (TPSA) is 42.2 Å². The Morgan fingerprint density at radius 1 is 1.55 bits per heavy atom. The largest absolute Gasteiger partial charge is 0.397 e. The molecule has 1 aromatic heterocycles. The van der Waals surface area contributed by atoms with Crippen LogP contribution in [0.5, 0.6) is 0 Å². The van der Waals surface area contributed by atoms with Gasteiger partial charge in [0.15, 0.2) is 0 Å². The van der Waals surface area contributed by atoms with Gasteiger partial charge in [0.05, 0.1) is 11.9 Å². The molecule has 0 amide bonds. The maximum Gasteiger partial charge on any atom is 0.0546 e. The van der Waals surface area contributed by atoms with Crippen LogP contribution in [0.4, 0.5) is 5.69 Å². The molecule has 0 saturated heterocycles. The first-order chi connectivity index (χ1) is 5.20. The summed E-state index contributed by atoms with van der Waals surface area (Å²) >= 11 is 0. The predicted molar refractivity (Wildman–Crippen MR) is 46.0 cm³/mol. The molecule has 1 rings (SSSR count). The lowest BCUT2D eigenvalue weighted by Crippen LogP contribution is -2.12. The lowest BCUT2D eigenvalue weighted by atomic mass is 10.2. The van der Waals surface area contributed by atoms with Gasteiger partial charge in [-0.15, -0.1) is 0 Å². The zero-order valence-electron chi connectivity index (χ0n) is 6.91. The van der Waals surface area contributed by atoms with E-state index in [-0.39, 0.29) is 0 Å². The molecule has 0 aromatic carbocycles. The summed E-state index contributed by atoms with van der Waals surface area (Å²) in [6.45, 7) is 0.869. The van der Waals surface area contributed by atoms with Gasteiger partial charge in [0.2, 0.25) is 0 Å². The average Bonchev–Trinajstić information content (AvgIpc) is 1.93. The van der Waals surface area contributed by atoms with Crippen LogP contribution in [0.3, 0.4) is 0 Å². The maximum absolute atomic E-state index is 5.68. The van der Waals surface area contributed by atoms with E-state index in [4.69, 9.17) is 5.73 Å². The molecule has 11 heavy (non-hydrogen) atoms. The van der Waals surface area contributed by atoms with Crippen LogP contribution in [0, 0.1) is 0 Å². The summed E-state index contributed by atoms with van der Waals surface area (Å²) in [5.41, 5.74) is 7.57. The Kier molecular flexibility index (Phi) is 2.44. The SMILES string of the molecule is CN(C)Cc1ccncc1N. The third-order valence-electron chi connectivity index (χ3n) is 1.43. The zero-order chi connectivity index (χ0) is 8.27. The fourth-order valence-corrected chi connectivity index (χ4v) is 0.920. The third kappa shape index (κ3) is 2.20. The number of aromatic nitrogens is 1. The molecule has 60 valence electrons. The normalized spacial score (nSPS) is 10.5. The van der Waals surface area contributed by atoms with Gasteiger partial charge in [0.1, 0.15) is 0 Å². The Labute approximate surface area is 66.8 Å². The van der Waals surface area contributed by atoms with Crippen LogP contribution in [-0.2, 0) is 6.54 Å². The van der Waals surface area contributed by atoms with Crippen LogP contribution < -0.4 is 5.73 Å². The highest BCUT2D eigenvalue weighted by Gasteiger charge is 1.98. The molecule has 3 nitrogen and oxygen atoms in total. The van der Waals surface area contributed by atoms with E-state index in [1.54, 1.807) is 12.4 Å². The molecule has 3 heteroatoms. The predicted octanol–water partition coefficient (Wildman–Crippen LogP) is 0.725. The minimum atomic E-state index is 0.765. The van der Waals surface area contributed by atoms with Crippen molar-refractivity contribution in [1.82, 2.24) is 9.88 Å². The van der Waals surface area contributed by atoms with Gasteiger partial charge in [-0.2, -0.15) is 0 Å². The second-order valence-corrected chi connectivity index (χ2v) is 2.81. The van der Waals surface area contributed by atoms with Gasteiger partial charge in [0.25, 0.3) is 0 Å². The highest BCUT2D eigenvalue weighted by Crippen LogP contribution is 2.09. The number of rotatable bonds is 2. The standard InChI is InChI=1S/C8H13N3/c1-11(2)6-7-3-4-10-5-8(7)9/h3-5H,6,9H2,1-2H3. The Bertz CT molecular complexity index is 233. The number of pyridine rings is 1. The molecular formula is C8H13N3. The zero-order valence-corrected chi connectivity index (χ0v) is 6.91. The highest BCUT2D eigenvalue weighted by molar-refractivity contribution is 5.43. The first-order valence-corrected chi connectivity index (χ1v) is 3.53. The summed E-state index contributed by atoms with van der Waals surface area (Å²) in [6, 6.07) is 1.94. The highest BCUT2D eigenvalue weighted by atomic mass is 15.0. The quantitative estimate of drug-likeness (QED) is 0.677.